The number of nitrogens with zero attached hydrogens (tertiary/aromatic N) is 3. The summed E-state index contributed by atoms with van der Waals surface area (Å²) in [7, 11) is 1.69. The fourth-order valence-corrected chi connectivity index (χ4v) is 8.08. The number of benzene rings is 1. The first-order valence-corrected chi connectivity index (χ1v) is 13.7. The second-order valence-electron chi connectivity index (χ2n) is 11.8. The molecule has 8 nitrogen and oxygen atoms in total. The summed E-state index contributed by atoms with van der Waals surface area (Å²) in [6.45, 7) is 4.50. The number of para-hydroxylation sites is 2. The van der Waals surface area contributed by atoms with Crippen LogP contribution in [0.2, 0.25) is 0 Å². The minimum absolute atomic E-state index is 0.0297. The smallest absolute Gasteiger partial charge is 0.252 e. The first kappa shape index (κ1) is 23.8. The Labute approximate surface area is 213 Å². The van der Waals surface area contributed by atoms with Gasteiger partial charge in [0.05, 0.1) is 19.2 Å². The molecule has 1 aromatic carbocycles. The van der Waals surface area contributed by atoms with E-state index in [1.807, 2.05) is 18.2 Å². The van der Waals surface area contributed by atoms with E-state index in [0.29, 0.717) is 30.8 Å². The Hall–Kier alpha value is -2.61. The predicted molar refractivity (Wildman–Crippen MR) is 136 cm³/mol. The summed E-state index contributed by atoms with van der Waals surface area (Å²) >= 11 is 0. The quantitative estimate of drug-likeness (QED) is 0.586. The maximum atomic E-state index is 13.4. The fraction of sp³-hybridized carbons (Fsp3) is 0.679. The molecule has 6 aliphatic rings. The molecule has 4 bridgehead atoms. The number of hydrogen-bond acceptors (Lipinski definition) is 6. The van der Waals surface area contributed by atoms with Crippen LogP contribution < -0.4 is 15.0 Å². The van der Waals surface area contributed by atoms with E-state index in [4.69, 9.17) is 4.74 Å². The van der Waals surface area contributed by atoms with E-state index in [1.165, 1.54) is 24.2 Å². The zero-order chi connectivity index (χ0) is 24.9. The number of hydrogen-bond donors (Lipinski definition) is 1. The van der Waals surface area contributed by atoms with E-state index in [-0.39, 0.29) is 29.6 Å². The van der Waals surface area contributed by atoms with Crippen LogP contribution in [0.15, 0.2) is 24.3 Å². The third-order valence-electron chi connectivity index (χ3n) is 9.51. The van der Waals surface area contributed by atoms with E-state index >= 15 is 0 Å². The van der Waals surface area contributed by atoms with Gasteiger partial charge < -0.3 is 15.0 Å². The zero-order valence-corrected chi connectivity index (χ0v) is 21.3. The number of piperazine rings is 1. The first-order valence-electron chi connectivity index (χ1n) is 13.7. The van der Waals surface area contributed by atoms with E-state index in [0.717, 1.165) is 56.9 Å². The van der Waals surface area contributed by atoms with Crippen molar-refractivity contribution >= 4 is 23.4 Å². The lowest BCUT2D eigenvalue weighted by Crippen LogP contribution is -2.56. The van der Waals surface area contributed by atoms with Crippen molar-refractivity contribution in [2.24, 2.45) is 23.2 Å². The molecule has 1 atom stereocenters. The normalized spacial score (nSPS) is 33.9. The molecule has 2 saturated heterocycles. The topological polar surface area (TPSA) is 82.2 Å². The molecule has 8 heteroatoms. The van der Waals surface area contributed by atoms with Crippen molar-refractivity contribution in [1.82, 2.24) is 15.1 Å². The number of methoxy groups -OCH3 is 1. The molecule has 1 aromatic rings. The lowest BCUT2D eigenvalue weighted by atomic mass is 9.49. The molecule has 3 amide bonds. The predicted octanol–water partition coefficient (Wildman–Crippen LogP) is 2.28. The third-order valence-corrected chi connectivity index (χ3v) is 9.51. The number of imide groups is 1. The summed E-state index contributed by atoms with van der Waals surface area (Å²) in [5.41, 5.74) is 0.800. The molecular formula is C28H38N4O4. The number of rotatable bonds is 7. The zero-order valence-electron chi connectivity index (χ0n) is 21.3. The van der Waals surface area contributed by atoms with Crippen molar-refractivity contribution in [3.63, 3.8) is 0 Å². The molecule has 6 fully saturated rings. The number of nitrogens with one attached hydrogen (secondary N) is 1. The molecule has 7 rings (SSSR count). The molecule has 1 N–H and O–H groups in total. The Bertz CT molecular complexity index is 999. The minimum Gasteiger partial charge on any atom is -0.495 e. The van der Waals surface area contributed by atoms with Crippen LogP contribution >= 0.6 is 0 Å². The Kier molecular flexibility index (Phi) is 6.18. The van der Waals surface area contributed by atoms with Gasteiger partial charge in [-0.05, 0) is 68.4 Å². The van der Waals surface area contributed by atoms with Crippen molar-refractivity contribution in [3.05, 3.63) is 24.3 Å². The summed E-state index contributed by atoms with van der Waals surface area (Å²) < 4.78 is 5.50. The van der Waals surface area contributed by atoms with Crippen LogP contribution in [0.1, 0.15) is 44.9 Å². The number of amides is 3. The van der Waals surface area contributed by atoms with Gasteiger partial charge in [0.15, 0.2) is 0 Å². The van der Waals surface area contributed by atoms with Crippen LogP contribution in [0, 0.1) is 23.2 Å². The van der Waals surface area contributed by atoms with E-state index in [2.05, 4.69) is 21.2 Å². The Morgan fingerprint density at radius 2 is 1.61 bits per heavy atom. The Morgan fingerprint density at radius 3 is 2.25 bits per heavy atom. The summed E-state index contributed by atoms with van der Waals surface area (Å²) in [6, 6.07) is 7.35. The number of carbonyl (C=O) groups is 3. The molecule has 36 heavy (non-hydrogen) atoms. The largest absolute Gasteiger partial charge is 0.495 e. The van der Waals surface area contributed by atoms with Crippen LogP contribution in [0.4, 0.5) is 5.69 Å². The van der Waals surface area contributed by atoms with E-state index < -0.39 is 6.04 Å². The van der Waals surface area contributed by atoms with Crippen LogP contribution in [-0.4, -0.2) is 79.9 Å². The van der Waals surface area contributed by atoms with Gasteiger partial charge in [-0.2, -0.15) is 0 Å². The lowest BCUT2D eigenvalue weighted by Gasteiger charge is -2.55. The summed E-state index contributed by atoms with van der Waals surface area (Å²) in [4.78, 5) is 45.2. The molecule has 4 saturated carbocycles. The number of likely N-dealkylation sites (tertiary alicyclic amines) is 1. The monoisotopic (exact) mass is 494 g/mol. The molecular weight excluding hydrogens is 456 g/mol. The fourth-order valence-electron chi connectivity index (χ4n) is 8.08. The van der Waals surface area contributed by atoms with Gasteiger partial charge >= 0.3 is 0 Å². The standard InChI is InChI=1S/C28H38N4O4/c1-36-24-5-3-2-4-23(24)31-9-6-30(7-10-31)8-11-32-25(33)15-22(26(32)34)29-27(35)28-16-19-12-20(17-28)14-21(13-19)18-28/h2-5,19-22H,6-18H2,1H3,(H,29,35)/t19?,20?,21?,22-,28?/m0/s1. The highest BCUT2D eigenvalue weighted by atomic mass is 16.5. The average Bonchev–Trinajstić information content (AvgIpc) is 3.14. The van der Waals surface area contributed by atoms with Crippen molar-refractivity contribution in [3.8, 4) is 5.75 Å². The highest BCUT2D eigenvalue weighted by molar-refractivity contribution is 6.07. The van der Waals surface area contributed by atoms with Gasteiger partial charge in [-0.15, -0.1) is 0 Å². The van der Waals surface area contributed by atoms with Gasteiger partial charge in [-0.25, -0.2) is 0 Å². The van der Waals surface area contributed by atoms with Crippen LogP contribution in [0.25, 0.3) is 0 Å². The highest BCUT2D eigenvalue weighted by Crippen LogP contribution is 2.60. The number of ether oxygens (including phenoxy) is 1. The first-order chi connectivity index (χ1) is 17.4. The summed E-state index contributed by atoms with van der Waals surface area (Å²) in [5.74, 6) is 2.52. The van der Waals surface area contributed by atoms with Crippen molar-refractivity contribution in [2.75, 3.05) is 51.3 Å². The van der Waals surface area contributed by atoms with Crippen molar-refractivity contribution in [1.29, 1.82) is 0 Å². The molecule has 0 aromatic heterocycles. The van der Waals surface area contributed by atoms with E-state index in [9.17, 15) is 14.4 Å². The van der Waals surface area contributed by atoms with Gasteiger partial charge in [0.1, 0.15) is 11.8 Å². The lowest BCUT2D eigenvalue weighted by molar-refractivity contribution is -0.149. The molecule has 194 valence electrons. The number of carbonyl (C=O) groups excluding carboxylic acids is 3. The molecule has 4 aliphatic carbocycles. The summed E-state index contributed by atoms with van der Waals surface area (Å²) in [6.07, 6.45) is 6.80. The molecule has 2 aliphatic heterocycles. The van der Waals surface area contributed by atoms with E-state index in [1.54, 1.807) is 7.11 Å². The van der Waals surface area contributed by atoms with Gasteiger partial charge in [-0.3, -0.25) is 24.2 Å². The van der Waals surface area contributed by atoms with Crippen LogP contribution in [0.3, 0.4) is 0 Å². The molecule has 2 heterocycles. The van der Waals surface area contributed by atoms with Crippen LogP contribution in [0.5, 0.6) is 5.75 Å². The van der Waals surface area contributed by atoms with Gasteiger partial charge in [0.25, 0.3) is 5.91 Å². The second-order valence-corrected chi connectivity index (χ2v) is 11.8. The van der Waals surface area contributed by atoms with Crippen molar-refractivity contribution < 1.29 is 19.1 Å². The maximum Gasteiger partial charge on any atom is 0.252 e. The van der Waals surface area contributed by atoms with Crippen LogP contribution in [-0.2, 0) is 14.4 Å². The SMILES string of the molecule is COc1ccccc1N1CCN(CCN2C(=O)C[C@H](NC(=O)C34CC5CC(CC(C5)C3)C4)C2=O)CC1. The van der Waals surface area contributed by atoms with Gasteiger partial charge in [0, 0.05) is 44.7 Å². The van der Waals surface area contributed by atoms with Gasteiger partial charge in [-0.1, -0.05) is 12.1 Å². The highest BCUT2D eigenvalue weighted by Gasteiger charge is 2.55. The average molecular weight is 495 g/mol. The maximum absolute atomic E-state index is 13.4. The third kappa shape index (κ3) is 4.27. The Balaban J connectivity index is 1.01. The minimum atomic E-state index is -0.694. The second kappa shape index (κ2) is 9.36. The molecule has 0 unspecified atom stereocenters. The molecule has 0 spiro atoms. The molecule has 0 radical (unpaired) electrons. The number of anilines is 1. The van der Waals surface area contributed by atoms with Crippen molar-refractivity contribution in [2.45, 2.75) is 51.0 Å². The summed E-state index contributed by atoms with van der Waals surface area (Å²) in [5, 5.41) is 3.04. The van der Waals surface area contributed by atoms with Gasteiger partial charge in [0.2, 0.25) is 11.8 Å². The Morgan fingerprint density at radius 1 is 0.972 bits per heavy atom.